The smallest absolute Gasteiger partial charge is 0.250 e. The Labute approximate surface area is 200 Å². The summed E-state index contributed by atoms with van der Waals surface area (Å²) in [6.07, 6.45) is 7.01. The summed E-state index contributed by atoms with van der Waals surface area (Å²) in [7, 11) is 0. The molecule has 1 saturated carbocycles. The van der Waals surface area contributed by atoms with Gasteiger partial charge in [0.05, 0.1) is 33.8 Å². The standard InChI is InChI=1S/C26H24F2N6O/c1-25(2,35)20-9-13-34(33-20)24-29-12-8-21(30-24)26-10-6-15(7-11-26)16-14-19(31-32-23(16)26)22-17(27)4-3-5-18(22)28/h3-5,8-9,12-15,35H,6-7,10-11H2,1-2H3. The number of nitrogens with zero attached hydrogens (tertiary/aromatic N) is 6. The van der Waals surface area contributed by atoms with Gasteiger partial charge in [0.15, 0.2) is 0 Å². The molecule has 3 aromatic heterocycles. The third kappa shape index (κ3) is 3.44. The van der Waals surface area contributed by atoms with E-state index in [-0.39, 0.29) is 17.2 Å². The molecular formula is C26H24F2N6O. The highest BCUT2D eigenvalue weighted by molar-refractivity contribution is 5.62. The van der Waals surface area contributed by atoms with Crippen LogP contribution in [0.5, 0.6) is 0 Å². The third-order valence-electron chi connectivity index (χ3n) is 7.33. The summed E-state index contributed by atoms with van der Waals surface area (Å²) in [5.41, 5.74) is 1.68. The first-order valence-electron chi connectivity index (χ1n) is 11.7. The number of hydrogen-bond donors (Lipinski definition) is 1. The normalized spacial score (nSPS) is 21.2. The summed E-state index contributed by atoms with van der Waals surface area (Å²) in [5.74, 6) is -0.627. The number of rotatable bonds is 4. The highest BCUT2D eigenvalue weighted by Gasteiger charge is 2.48. The Morgan fingerprint density at radius 1 is 1.06 bits per heavy atom. The molecule has 3 heterocycles. The van der Waals surface area contributed by atoms with E-state index in [0.717, 1.165) is 42.6 Å². The van der Waals surface area contributed by atoms with Crippen LogP contribution in [0.3, 0.4) is 0 Å². The fourth-order valence-electron chi connectivity index (χ4n) is 5.48. The number of fused-ring (bicyclic) bond motifs is 2. The quantitative estimate of drug-likeness (QED) is 0.466. The highest BCUT2D eigenvalue weighted by Crippen LogP contribution is 2.55. The summed E-state index contributed by atoms with van der Waals surface area (Å²) in [6, 6.07) is 9.23. The lowest BCUT2D eigenvalue weighted by atomic mass is 9.58. The van der Waals surface area contributed by atoms with Crippen LogP contribution in [0, 0.1) is 11.6 Å². The lowest BCUT2D eigenvalue weighted by Gasteiger charge is -2.46. The number of benzene rings is 1. The van der Waals surface area contributed by atoms with Crippen LogP contribution < -0.4 is 0 Å². The van der Waals surface area contributed by atoms with Crippen molar-refractivity contribution in [2.75, 3.05) is 0 Å². The second-order valence-electron chi connectivity index (χ2n) is 9.93. The minimum absolute atomic E-state index is 0.149. The van der Waals surface area contributed by atoms with E-state index in [0.29, 0.717) is 11.6 Å². The zero-order valence-electron chi connectivity index (χ0n) is 19.4. The van der Waals surface area contributed by atoms with Crippen LogP contribution in [0.15, 0.2) is 48.8 Å². The predicted octanol–water partition coefficient (Wildman–Crippen LogP) is 4.58. The van der Waals surface area contributed by atoms with Crippen molar-refractivity contribution in [3.8, 4) is 17.2 Å². The van der Waals surface area contributed by atoms with E-state index in [1.807, 2.05) is 6.07 Å². The van der Waals surface area contributed by atoms with Gasteiger partial charge in [0, 0.05) is 12.4 Å². The Morgan fingerprint density at radius 3 is 2.49 bits per heavy atom. The first-order chi connectivity index (χ1) is 16.8. The van der Waals surface area contributed by atoms with Crippen molar-refractivity contribution in [2.45, 2.75) is 56.5 Å². The number of hydrogen-bond acceptors (Lipinski definition) is 6. The van der Waals surface area contributed by atoms with E-state index in [1.165, 1.54) is 18.2 Å². The first-order valence-corrected chi connectivity index (χ1v) is 11.7. The van der Waals surface area contributed by atoms with Gasteiger partial charge in [0.1, 0.15) is 17.2 Å². The lowest BCUT2D eigenvalue weighted by molar-refractivity contribution is 0.0734. The van der Waals surface area contributed by atoms with Crippen LogP contribution in [0.2, 0.25) is 0 Å². The molecule has 178 valence electrons. The minimum atomic E-state index is -1.08. The summed E-state index contributed by atoms with van der Waals surface area (Å²) < 4.78 is 30.4. The third-order valence-corrected chi connectivity index (χ3v) is 7.33. The van der Waals surface area contributed by atoms with Crippen molar-refractivity contribution >= 4 is 0 Å². The molecule has 0 radical (unpaired) electrons. The van der Waals surface area contributed by atoms with Crippen LogP contribution in [-0.4, -0.2) is 35.1 Å². The van der Waals surface area contributed by atoms with Gasteiger partial charge in [0.2, 0.25) is 0 Å². The van der Waals surface area contributed by atoms with Crippen molar-refractivity contribution in [3.05, 3.63) is 83.1 Å². The Morgan fingerprint density at radius 2 is 1.80 bits per heavy atom. The van der Waals surface area contributed by atoms with Crippen LogP contribution in [0.1, 0.15) is 68.1 Å². The summed E-state index contributed by atoms with van der Waals surface area (Å²) in [4.78, 5) is 9.25. The molecule has 7 nitrogen and oxygen atoms in total. The molecule has 0 amide bonds. The predicted molar refractivity (Wildman–Crippen MR) is 124 cm³/mol. The maximum absolute atomic E-state index is 14.4. The van der Waals surface area contributed by atoms with Crippen molar-refractivity contribution in [2.24, 2.45) is 0 Å². The SMILES string of the molecule is CC(C)(O)c1ccn(-c2nccc(C34CCC(CC3)c3cc(-c5c(F)cccc5F)nnc34)n2)n1. The van der Waals surface area contributed by atoms with Gasteiger partial charge in [-0.15, -0.1) is 5.10 Å². The maximum atomic E-state index is 14.4. The van der Waals surface area contributed by atoms with E-state index in [2.05, 4.69) is 20.3 Å². The Hall–Kier alpha value is -3.59. The maximum Gasteiger partial charge on any atom is 0.250 e. The van der Waals surface area contributed by atoms with Gasteiger partial charge >= 0.3 is 0 Å². The van der Waals surface area contributed by atoms with Gasteiger partial charge in [-0.25, -0.2) is 23.4 Å². The summed E-state index contributed by atoms with van der Waals surface area (Å²) in [6.45, 7) is 3.35. The molecule has 0 spiro atoms. The molecular weight excluding hydrogens is 450 g/mol. The van der Waals surface area contributed by atoms with Crippen molar-refractivity contribution in [1.29, 1.82) is 0 Å². The van der Waals surface area contributed by atoms with E-state index in [1.54, 1.807) is 43.1 Å². The molecule has 0 atom stereocenters. The topological polar surface area (TPSA) is 89.6 Å². The number of aromatic nitrogens is 6. The summed E-state index contributed by atoms with van der Waals surface area (Å²) >= 11 is 0. The highest BCUT2D eigenvalue weighted by atomic mass is 19.1. The van der Waals surface area contributed by atoms with Gasteiger partial charge in [-0.3, -0.25) is 0 Å². The van der Waals surface area contributed by atoms with Gasteiger partial charge < -0.3 is 5.11 Å². The first kappa shape index (κ1) is 21.9. The van der Waals surface area contributed by atoms with Crippen LogP contribution in [0.25, 0.3) is 17.2 Å². The molecule has 2 bridgehead atoms. The largest absolute Gasteiger partial charge is 0.384 e. The zero-order chi connectivity index (χ0) is 24.4. The van der Waals surface area contributed by atoms with Gasteiger partial charge in [0.25, 0.3) is 5.95 Å². The van der Waals surface area contributed by atoms with Gasteiger partial charge in [-0.05, 0) is 81.3 Å². The Balaban J connectivity index is 1.44. The minimum Gasteiger partial charge on any atom is -0.384 e. The Kier molecular flexibility index (Phi) is 4.83. The molecule has 0 saturated heterocycles. The van der Waals surface area contributed by atoms with E-state index in [4.69, 9.17) is 4.98 Å². The monoisotopic (exact) mass is 474 g/mol. The molecule has 1 aromatic carbocycles. The van der Waals surface area contributed by atoms with Crippen molar-refractivity contribution < 1.29 is 13.9 Å². The molecule has 0 unspecified atom stereocenters. The fraction of sp³-hybridized carbons (Fsp3) is 0.346. The molecule has 7 rings (SSSR count). The Bertz CT molecular complexity index is 1420. The average Bonchev–Trinajstić information content (AvgIpc) is 3.36. The fourth-order valence-corrected chi connectivity index (χ4v) is 5.48. The summed E-state index contributed by atoms with van der Waals surface area (Å²) in [5, 5.41) is 23.5. The van der Waals surface area contributed by atoms with E-state index < -0.39 is 22.7 Å². The average molecular weight is 475 g/mol. The van der Waals surface area contributed by atoms with Crippen LogP contribution in [0.4, 0.5) is 8.78 Å². The van der Waals surface area contributed by atoms with E-state index in [9.17, 15) is 13.9 Å². The van der Waals surface area contributed by atoms with Crippen molar-refractivity contribution in [3.63, 3.8) is 0 Å². The van der Waals surface area contributed by atoms with E-state index >= 15 is 0 Å². The number of aliphatic hydroxyl groups is 1. The van der Waals surface area contributed by atoms with Crippen molar-refractivity contribution in [1.82, 2.24) is 29.9 Å². The second-order valence-corrected chi connectivity index (χ2v) is 9.93. The molecule has 0 aliphatic heterocycles. The molecule has 9 heteroatoms. The van der Waals surface area contributed by atoms with Crippen LogP contribution in [-0.2, 0) is 11.0 Å². The zero-order valence-corrected chi connectivity index (χ0v) is 19.4. The second kappa shape index (κ2) is 7.71. The van der Waals surface area contributed by atoms with Crippen LogP contribution >= 0.6 is 0 Å². The molecule has 4 aromatic rings. The molecule has 1 fully saturated rings. The van der Waals surface area contributed by atoms with Gasteiger partial charge in [-0.1, -0.05) is 6.07 Å². The molecule has 35 heavy (non-hydrogen) atoms. The number of halogens is 2. The molecule has 1 N–H and O–H groups in total. The molecule has 3 aliphatic rings. The molecule has 3 aliphatic carbocycles. The lowest BCUT2D eigenvalue weighted by Crippen LogP contribution is -2.41. The van der Waals surface area contributed by atoms with Gasteiger partial charge in [-0.2, -0.15) is 10.2 Å².